The van der Waals surface area contributed by atoms with Crippen molar-refractivity contribution in [3.63, 3.8) is 0 Å². The van der Waals surface area contributed by atoms with Crippen molar-refractivity contribution in [2.75, 3.05) is 6.54 Å². The van der Waals surface area contributed by atoms with Crippen molar-refractivity contribution in [2.24, 2.45) is 0 Å². The zero-order valence-corrected chi connectivity index (χ0v) is 11.3. The van der Waals surface area contributed by atoms with E-state index < -0.39 is 12.0 Å². The van der Waals surface area contributed by atoms with Crippen LogP contribution in [0.2, 0.25) is 0 Å². The van der Waals surface area contributed by atoms with Crippen LogP contribution < -0.4 is 0 Å². The fourth-order valence-corrected chi connectivity index (χ4v) is 2.05. The predicted molar refractivity (Wildman–Crippen MR) is 71.0 cm³/mol. The quantitative estimate of drug-likeness (QED) is 0.825. The van der Waals surface area contributed by atoms with Gasteiger partial charge in [-0.05, 0) is 26.8 Å². The summed E-state index contributed by atoms with van der Waals surface area (Å²) in [7, 11) is 0. The fraction of sp³-hybridized carbons (Fsp3) is 0.429. The second-order valence-electron chi connectivity index (χ2n) is 5.65. The van der Waals surface area contributed by atoms with E-state index in [2.05, 4.69) is 0 Å². The Bertz CT molecular complexity index is 537. The van der Waals surface area contributed by atoms with Crippen molar-refractivity contribution in [1.82, 2.24) is 9.47 Å². The molecule has 0 bridgehead atoms. The van der Waals surface area contributed by atoms with E-state index in [0.717, 1.165) is 0 Å². The van der Waals surface area contributed by atoms with Crippen molar-refractivity contribution in [3.05, 3.63) is 36.2 Å². The van der Waals surface area contributed by atoms with Crippen LogP contribution in [0, 0.1) is 0 Å². The smallest absolute Gasteiger partial charge is 0.330 e. The van der Waals surface area contributed by atoms with E-state index in [0.29, 0.717) is 12.1 Å². The third-order valence-electron chi connectivity index (χ3n) is 3.18. The summed E-state index contributed by atoms with van der Waals surface area (Å²) in [6, 6.07) is 0.871. The maximum atomic E-state index is 12.3. The van der Waals surface area contributed by atoms with Crippen LogP contribution in [0.1, 0.15) is 31.1 Å². The molecule has 0 aliphatic carbocycles. The van der Waals surface area contributed by atoms with Crippen LogP contribution in [0.4, 0.5) is 0 Å². The van der Waals surface area contributed by atoms with Gasteiger partial charge in [0.25, 0.3) is 5.91 Å². The van der Waals surface area contributed by atoms with Crippen LogP contribution in [0.15, 0.2) is 30.6 Å². The molecule has 1 amide bonds. The molecule has 0 spiro atoms. The highest BCUT2D eigenvalue weighted by molar-refractivity contribution is 5.97. The Hall–Kier alpha value is -2.04. The topological polar surface area (TPSA) is 62.5 Å². The van der Waals surface area contributed by atoms with Gasteiger partial charge in [-0.2, -0.15) is 0 Å². The molecule has 0 fully saturated rings. The van der Waals surface area contributed by atoms with Gasteiger partial charge in [0.1, 0.15) is 6.04 Å². The summed E-state index contributed by atoms with van der Waals surface area (Å²) >= 11 is 0. The molecular weight excluding hydrogens is 244 g/mol. The fourth-order valence-electron chi connectivity index (χ4n) is 2.05. The lowest BCUT2D eigenvalue weighted by atomic mass is 10.1. The summed E-state index contributed by atoms with van der Waals surface area (Å²) in [5.74, 6) is -1.25. The molecule has 1 aliphatic rings. The molecule has 0 saturated heterocycles. The number of hydrogen-bond acceptors (Lipinski definition) is 2. The number of carboxylic acids is 1. The van der Waals surface area contributed by atoms with E-state index in [1.807, 2.05) is 31.5 Å². The van der Waals surface area contributed by atoms with E-state index >= 15 is 0 Å². The predicted octanol–water partition coefficient (Wildman–Crippen LogP) is 1.71. The van der Waals surface area contributed by atoms with E-state index in [4.69, 9.17) is 5.11 Å². The molecule has 0 saturated carbocycles. The zero-order chi connectivity index (χ0) is 14.2. The van der Waals surface area contributed by atoms with Gasteiger partial charge >= 0.3 is 5.97 Å². The summed E-state index contributed by atoms with van der Waals surface area (Å²) in [5, 5.41) is 9.06. The van der Waals surface area contributed by atoms with Crippen LogP contribution in [-0.2, 0) is 10.3 Å². The molecule has 1 aliphatic heterocycles. The van der Waals surface area contributed by atoms with Gasteiger partial charge in [0.05, 0.1) is 5.56 Å². The maximum Gasteiger partial charge on any atom is 0.330 e. The summed E-state index contributed by atoms with van der Waals surface area (Å²) < 4.78 is 1.94. The average Bonchev–Trinajstić information content (AvgIpc) is 2.96. The van der Waals surface area contributed by atoms with Crippen LogP contribution in [-0.4, -0.2) is 39.0 Å². The number of hydrogen-bond donors (Lipinski definition) is 1. The standard InChI is InChI=1S/C14H18N2O3/c1-14(2,3)15-8-6-10(9-15)12(17)16-7-4-5-11(16)13(18)19/h4-6,8-9,11H,7H2,1-3H3,(H,18,19). The molecule has 5 nitrogen and oxygen atoms in total. The Labute approximate surface area is 112 Å². The summed E-state index contributed by atoms with van der Waals surface area (Å²) in [6.07, 6.45) is 6.85. The number of carbonyl (C=O) groups is 2. The monoisotopic (exact) mass is 262 g/mol. The molecular formula is C14H18N2O3. The summed E-state index contributed by atoms with van der Waals surface area (Å²) in [6.45, 7) is 6.46. The van der Waals surface area contributed by atoms with Crippen LogP contribution in [0.25, 0.3) is 0 Å². The van der Waals surface area contributed by atoms with Gasteiger partial charge in [0, 0.05) is 24.5 Å². The van der Waals surface area contributed by atoms with Crippen molar-refractivity contribution in [2.45, 2.75) is 32.4 Å². The molecule has 19 heavy (non-hydrogen) atoms. The van der Waals surface area contributed by atoms with E-state index in [1.54, 1.807) is 24.4 Å². The van der Waals surface area contributed by atoms with Gasteiger partial charge in [-0.15, -0.1) is 0 Å². The molecule has 1 aromatic heterocycles. The first-order valence-electron chi connectivity index (χ1n) is 6.19. The van der Waals surface area contributed by atoms with Crippen molar-refractivity contribution in [3.8, 4) is 0 Å². The molecule has 1 unspecified atom stereocenters. The Balaban J connectivity index is 2.21. The molecule has 102 valence electrons. The van der Waals surface area contributed by atoms with E-state index in [9.17, 15) is 9.59 Å². The minimum atomic E-state index is -1.00. The number of aliphatic carboxylic acids is 1. The molecule has 5 heteroatoms. The summed E-state index contributed by atoms with van der Waals surface area (Å²) in [5.41, 5.74) is 0.415. The van der Waals surface area contributed by atoms with Crippen LogP contribution in [0.5, 0.6) is 0 Å². The highest BCUT2D eigenvalue weighted by Crippen LogP contribution is 2.19. The number of amides is 1. The molecule has 0 aromatic carbocycles. The van der Waals surface area contributed by atoms with Crippen LogP contribution >= 0.6 is 0 Å². The number of nitrogens with zero attached hydrogens (tertiary/aromatic N) is 2. The summed E-state index contributed by atoms with van der Waals surface area (Å²) in [4.78, 5) is 24.7. The van der Waals surface area contributed by atoms with Crippen molar-refractivity contribution >= 4 is 11.9 Å². The average molecular weight is 262 g/mol. The van der Waals surface area contributed by atoms with Crippen LogP contribution in [0.3, 0.4) is 0 Å². The Morgan fingerprint density at radius 1 is 1.37 bits per heavy atom. The minimum Gasteiger partial charge on any atom is -0.479 e. The Morgan fingerprint density at radius 2 is 2.05 bits per heavy atom. The van der Waals surface area contributed by atoms with Gasteiger partial charge in [0.2, 0.25) is 0 Å². The zero-order valence-electron chi connectivity index (χ0n) is 11.3. The highest BCUT2D eigenvalue weighted by atomic mass is 16.4. The molecule has 2 heterocycles. The molecule has 2 rings (SSSR count). The third kappa shape index (κ3) is 2.54. The normalized spacial score (nSPS) is 18.9. The molecule has 1 N–H and O–H groups in total. The lowest BCUT2D eigenvalue weighted by Gasteiger charge is -2.22. The highest BCUT2D eigenvalue weighted by Gasteiger charge is 2.31. The van der Waals surface area contributed by atoms with Gasteiger partial charge in [-0.3, -0.25) is 4.79 Å². The second-order valence-corrected chi connectivity index (χ2v) is 5.65. The Morgan fingerprint density at radius 3 is 2.58 bits per heavy atom. The van der Waals surface area contributed by atoms with Gasteiger partial charge in [0.15, 0.2) is 0 Å². The number of rotatable bonds is 2. The first-order chi connectivity index (χ1) is 8.80. The van der Waals surface area contributed by atoms with Crippen molar-refractivity contribution < 1.29 is 14.7 Å². The molecule has 0 radical (unpaired) electrons. The number of aromatic nitrogens is 1. The van der Waals surface area contributed by atoms with E-state index in [1.165, 1.54) is 4.90 Å². The van der Waals surface area contributed by atoms with E-state index in [-0.39, 0.29) is 11.4 Å². The van der Waals surface area contributed by atoms with Gasteiger partial charge in [-0.1, -0.05) is 12.2 Å². The third-order valence-corrected chi connectivity index (χ3v) is 3.18. The minimum absolute atomic E-state index is 0.103. The Kier molecular flexibility index (Phi) is 3.22. The maximum absolute atomic E-state index is 12.3. The first kappa shape index (κ1) is 13.4. The SMILES string of the molecule is CC(C)(C)n1ccc(C(=O)N2CC=CC2C(=O)O)c1. The van der Waals surface area contributed by atoms with Crippen molar-refractivity contribution in [1.29, 1.82) is 0 Å². The number of carbonyl (C=O) groups excluding carboxylic acids is 1. The first-order valence-corrected chi connectivity index (χ1v) is 6.19. The number of carboxylic acid groups (broad SMARTS) is 1. The second kappa shape index (κ2) is 4.57. The molecule has 1 atom stereocenters. The van der Waals surface area contributed by atoms with Gasteiger partial charge < -0.3 is 14.6 Å². The van der Waals surface area contributed by atoms with Gasteiger partial charge in [-0.25, -0.2) is 4.79 Å². The molecule has 1 aromatic rings. The lowest BCUT2D eigenvalue weighted by molar-refractivity contribution is -0.140. The largest absolute Gasteiger partial charge is 0.479 e. The lowest BCUT2D eigenvalue weighted by Crippen LogP contribution is -2.40.